The first-order valence-electron chi connectivity index (χ1n) is 8.67. The van der Waals surface area contributed by atoms with E-state index in [-0.39, 0.29) is 20.9 Å². The molecule has 5 rings (SSSR count). The van der Waals surface area contributed by atoms with Crippen molar-refractivity contribution in [2.75, 3.05) is 19.7 Å². The first kappa shape index (κ1) is 16.6. The number of halogens is 1. The van der Waals surface area contributed by atoms with Crippen LogP contribution >= 0.6 is 22.6 Å². The van der Waals surface area contributed by atoms with Gasteiger partial charge in [-0.15, -0.1) is 0 Å². The van der Waals surface area contributed by atoms with Gasteiger partial charge in [0.05, 0.1) is 22.4 Å². The van der Waals surface area contributed by atoms with E-state index in [0.717, 1.165) is 24.4 Å². The summed E-state index contributed by atoms with van der Waals surface area (Å²) in [6.07, 6.45) is 4.03. The van der Waals surface area contributed by atoms with E-state index in [9.17, 15) is 4.79 Å². The van der Waals surface area contributed by atoms with Gasteiger partial charge in [0.2, 0.25) is 0 Å². The van der Waals surface area contributed by atoms with Crippen LogP contribution in [0.5, 0.6) is 5.75 Å². The maximum Gasteiger partial charge on any atom is 0.270 e. The minimum atomic E-state index is -0.0688. The van der Waals surface area contributed by atoms with Gasteiger partial charge in [0.25, 0.3) is 5.91 Å². The topological polar surface area (TPSA) is 54.5 Å². The van der Waals surface area contributed by atoms with Crippen LogP contribution in [-0.2, 0) is 5.41 Å². The average molecular weight is 441 g/mol. The van der Waals surface area contributed by atoms with Gasteiger partial charge < -0.3 is 10.1 Å². The minimum absolute atomic E-state index is 0.0201. The molecule has 0 aromatic carbocycles. The Bertz CT molecular complexity index is 681. The van der Waals surface area contributed by atoms with Crippen molar-refractivity contribution in [3.63, 3.8) is 0 Å². The highest BCUT2D eigenvalue weighted by atomic mass is 127. The van der Waals surface area contributed by atoms with Crippen molar-refractivity contribution >= 4 is 28.5 Å². The van der Waals surface area contributed by atoms with Crippen LogP contribution in [0.15, 0.2) is 12.3 Å². The quantitative estimate of drug-likeness (QED) is 0.436. The van der Waals surface area contributed by atoms with Crippen LogP contribution < -0.4 is 10.1 Å². The lowest BCUT2D eigenvalue weighted by Gasteiger charge is -2.55. The zero-order valence-electron chi connectivity index (χ0n) is 14.4. The first-order chi connectivity index (χ1) is 11.3. The number of carbonyl (C=O) groups is 1. The molecule has 2 atom stereocenters. The Labute approximate surface area is 156 Å². The van der Waals surface area contributed by atoms with Gasteiger partial charge in [0, 0.05) is 11.0 Å². The number of rotatable bonds is 2. The summed E-state index contributed by atoms with van der Waals surface area (Å²) in [5.41, 5.74) is 1.51. The van der Waals surface area contributed by atoms with Crippen molar-refractivity contribution in [3.8, 4) is 5.75 Å². The molecular formula is C18H24IN3O2. The van der Waals surface area contributed by atoms with E-state index < -0.39 is 0 Å². The third-order valence-corrected chi connectivity index (χ3v) is 7.25. The Hall–Kier alpha value is -0.890. The molecule has 0 spiro atoms. The predicted molar refractivity (Wildman–Crippen MR) is 101 cm³/mol. The number of pyridine rings is 1. The van der Waals surface area contributed by atoms with Crippen molar-refractivity contribution in [1.82, 2.24) is 15.2 Å². The van der Waals surface area contributed by atoms with Crippen LogP contribution in [0, 0.1) is 5.92 Å². The van der Waals surface area contributed by atoms with Crippen LogP contribution in [0.4, 0.5) is 0 Å². The van der Waals surface area contributed by atoms with Gasteiger partial charge in [-0.2, -0.15) is 0 Å². The van der Waals surface area contributed by atoms with E-state index in [0.29, 0.717) is 18.2 Å². The lowest BCUT2D eigenvalue weighted by Crippen LogP contribution is -2.67. The smallest absolute Gasteiger partial charge is 0.270 e. The number of hydrogen-bond donors (Lipinski definition) is 1. The van der Waals surface area contributed by atoms with Gasteiger partial charge in [-0.3, -0.25) is 9.69 Å². The molecule has 3 saturated heterocycles. The fourth-order valence-corrected chi connectivity index (χ4v) is 5.46. The summed E-state index contributed by atoms with van der Waals surface area (Å²) in [6, 6.07) is 2.08. The predicted octanol–water partition coefficient (Wildman–Crippen LogP) is 2.73. The number of nitrogens with one attached hydrogen (secondary N) is 1. The van der Waals surface area contributed by atoms with Gasteiger partial charge >= 0.3 is 0 Å². The zero-order valence-corrected chi connectivity index (χ0v) is 16.6. The highest BCUT2D eigenvalue weighted by Crippen LogP contribution is 2.43. The van der Waals surface area contributed by atoms with Crippen LogP contribution in [0.1, 0.15) is 49.7 Å². The standard InChI is InChI=1S/C18H24IN3O2/c1-17(2)10-24-14-9-20-13(8-12(14)17)16(23)21-15-11-4-6-22(7-5-11)18(15,3)19/h8-9,11,15H,4-7,10H2,1-3H3,(H,21,23)/t15-,18-/m1/s1. The van der Waals surface area contributed by atoms with E-state index in [4.69, 9.17) is 4.74 Å². The molecule has 0 unspecified atom stereocenters. The number of ether oxygens (including phenoxy) is 1. The molecule has 2 bridgehead atoms. The molecule has 0 radical (unpaired) electrons. The second-order valence-corrected chi connectivity index (χ2v) is 10.2. The van der Waals surface area contributed by atoms with E-state index in [2.05, 4.69) is 58.6 Å². The molecule has 130 valence electrons. The zero-order chi connectivity index (χ0) is 17.1. The maximum absolute atomic E-state index is 12.9. The molecule has 4 aliphatic rings. The molecule has 1 amide bonds. The van der Waals surface area contributed by atoms with Crippen molar-refractivity contribution in [1.29, 1.82) is 0 Å². The average Bonchev–Trinajstić information content (AvgIpc) is 2.86. The summed E-state index contributed by atoms with van der Waals surface area (Å²) in [6.45, 7) is 9.42. The van der Waals surface area contributed by atoms with Gasteiger partial charge in [0.1, 0.15) is 11.4 Å². The lowest BCUT2D eigenvalue weighted by atomic mass is 9.79. The van der Waals surface area contributed by atoms with E-state index in [1.807, 2.05) is 6.07 Å². The normalized spacial score (nSPS) is 36.1. The molecule has 6 heteroatoms. The first-order valence-corrected chi connectivity index (χ1v) is 9.75. The van der Waals surface area contributed by atoms with Crippen molar-refractivity contribution in [2.45, 2.75) is 48.6 Å². The van der Waals surface area contributed by atoms with Crippen LogP contribution in [0.25, 0.3) is 0 Å². The molecule has 24 heavy (non-hydrogen) atoms. The number of nitrogens with zero attached hydrogens (tertiary/aromatic N) is 2. The molecule has 1 aromatic heterocycles. The fraction of sp³-hybridized carbons (Fsp3) is 0.667. The second-order valence-electron chi connectivity index (χ2n) is 8.04. The molecular weight excluding hydrogens is 417 g/mol. The molecule has 1 aromatic rings. The van der Waals surface area contributed by atoms with Crippen LogP contribution in [-0.4, -0.2) is 45.1 Å². The Kier molecular flexibility index (Phi) is 3.84. The molecule has 0 saturated carbocycles. The third-order valence-electron chi connectivity index (χ3n) is 5.90. The summed E-state index contributed by atoms with van der Waals surface area (Å²) in [4.78, 5) is 19.7. The number of hydrogen-bond acceptors (Lipinski definition) is 4. The Morgan fingerprint density at radius 2 is 2.08 bits per heavy atom. The molecule has 3 fully saturated rings. The molecule has 0 aliphatic carbocycles. The summed E-state index contributed by atoms with van der Waals surface area (Å²) in [5, 5.41) is 3.28. The minimum Gasteiger partial charge on any atom is -0.491 e. The Morgan fingerprint density at radius 1 is 1.38 bits per heavy atom. The van der Waals surface area contributed by atoms with Gasteiger partial charge in [0.15, 0.2) is 0 Å². The van der Waals surface area contributed by atoms with Crippen molar-refractivity contribution in [3.05, 3.63) is 23.5 Å². The maximum atomic E-state index is 12.9. The molecule has 1 N–H and O–H groups in total. The summed E-state index contributed by atoms with van der Waals surface area (Å²) in [7, 11) is 0. The highest BCUT2D eigenvalue weighted by Gasteiger charge is 2.49. The summed E-state index contributed by atoms with van der Waals surface area (Å²) < 4.78 is 5.65. The van der Waals surface area contributed by atoms with E-state index >= 15 is 0 Å². The van der Waals surface area contributed by atoms with E-state index in [1.165, 1.54) is 12.8 Å². The number of alkyl halides is 1. The van der Waals surface area contributed by atoms with E-state index in [1.54, 1.807) is 6.20 Å². The lowest BCUT2D eigenvalue weighted by molar-refractivity contribution is 0.0125. The van der Waals surface area contributed by atoms with Crippen molar-refractivity contribution in [2.24, 2.45) is 5.92 Å². The van der Waals surface area contributed by atoms with Crippen molar-refractivity contribution < 1.29 is 9.53 Å². The SMILES string of the molecule is CC1(C)COc2cnc(C(=O)N[C@@H]3C4CCN(CC4)[C@@]3(C)I)cc21. The fourth-order valence-electron chi connectivity index (χ4n) is 4.31. The summed E-state index contributed by atoms with van der Waals surface area (Å²) >= 11 is 2.50. The van der Waals surface area contributed by atoms with Gasteiger partial charge in [-0.1, -0.05) is 36.4 Å². The van der Waals surface area contributed by atoms with Gasteiger partial charge in [-0.25, -0.2) is 4.98 Å². The highest BCUT2D eigenvalue weighted by molar-refractivity contribution is 14.1. The van der Waals surface area contributed by atoms with Crippen LogP contribution in [0.2, 0.25) is 0 Å². The summed E-state index contributed by atoms with van der Waals surface area (Å²) in [5.74, 6) is 1.30. The van der Waals surface area contributed by atoms with Gasteiger partial charge in [-0.05, 0) is 44.8 Å². The third kappa shape index (κ3) is 2.53. The Balaban J connectivity index is 1.57. The number of amides is 1. The Morgan fingerprint density at radius 3 is 2.75 bits per heavy atom. The number of carbonyl (C=O) groups excluding carboxylic acids is 1. The van der Waals surface area contributed by atoms with Crippen LogP contribution in [0.3, 0.4) is 0 Å². The number of fused-ring (bicyclic) bond motifs is 4. The number of aromatic nitrogens is 1. The largest absolute Gasteiger partial charge is 0.491 e. The number of piperidine rings is 3. The second kappa shape index (κ2) is 5.56. The molecule has 5 nitrogen and oxygen atoms in total. The monoisotopic (exact) mass is 441 g/mol. The molecule has 5 heterocycles. The molecule has 4 aliphatic heterocycles.